The second-order valence-corrected chi connectivity index (χ2v) is 4.10. The lowest BCUT2D eigenvalue weighted by molar-refractivity contribution is -0.144. The minimum absolute atomic E-state index is 0.272. The molecule has 0 aliphatic heterocycles. The average Bonchev–Trinajstić information content (AvgIpc) is 2.31. The molecule has 0 aromatic heterocycles. The van der Waals surface area contributed by atoms with E-state index in [9.17, 15) is 14.0 Å². The highest BCUT2D eigenvalue weighted by atomic mass is 19.1. The van der Waals surface area contributed by atoms with Gasteiger partial charge in [0, 0.05) is 7.05 Å². The lowest BCUT2D eigenvalue weighted by Crippen LogP contribution is -2.35. The smallest absolute Gasteiger partial charge is 0.323 e. The molecule has 0 heterocycles. The molecule has 0 aliphatic rings. The van der Waals surface area contributed by atoms with E-state index in [0.717, 1.165) is 0 Å². The Morgan fingerprint density at radius 1 is 1.33 bits per heavy atom. The van der Waals surface area contributed by atoms with Gasteiger partial charge in [0.05, 0.1) is 5.92 Å². The Hall–Kier alpha value is -1.91. The average molecular weight is 253 g/mol. The minimum Gasteiger partial charge on any atom is -0.480 e. The van der Waals surface area contributed by atoms with Crippen LogP contribution in [0.1, 0.15) is 24.8 Å². The number of likely N-dealkylation sites (N-methyl/N-ethyl adjacent to an activating group) is 1. The van der Waals surface area contributed by atoms with Crippen molar-refractivity contribution in [1.82, 2.24) is 4.90 Å². The molecule has 0 bridgehead atoms. The third kappa shape index (κ3) is 3.55. The second kappa shape index (κ2) is 6.14. The van der Waals surface area contributed by atoms with Crippen molar-refractivity contribution in [2.45, 2.75) is 19.3 Å². The van der Waals surface area contributed by atoms with Gasteiger partial charge in [0.15, 0.2) is 0 Å². The molecule has 4 nitrogen and oxygen atoms in total. The molecule has 1 rings (SSSR count). The number of nitrogens with zero attached hydrogens (tertiary/aromatic N) is 1. The van der Waals surface area contributed by atoms with Gasteiger partial charge in [-0.05, 0) is 24.1 Å². The van der Waals surface area contributed by atoms with E-state index < -0.39 is 11.9 Å². The molecule has 0 saturated carbocycles. The van der Waals surface area contributed by atoms with Crippen LogP contribution in [0.2, 0.25) is 0 Å². The van der Waals surface area contributed by atoms with Crippen LogP contribution >= 0.6 is 0 Å². The number of carboxylic acids is 1. The number of benzene rings is 1. The van der Waals surface area contributed by atoms with Gasteiger partial charge >= 0.3 is 5.97 Å². The van der Waals surface area contributed by atoms with E-state index in [1.807, 2.05) is 6.92 Å². The number of rotatable bonds is 5. The molecule has 5 heteroatoms. The highest BCUT2D eigenvalue weighted by Crippen LogP contribution is 2.21. The Kier molecular flexibility index (Phi) is 4.83. The summed E-state index contributed by atoms with van der Waals surface area (Å²) in [4.78, 5) is 23.8. The molecular weight excluding hydrogens is 237 g/mol. The number of hydrogen-bond donors (Lipinski definition) is 1. The summed E-state index contributed by atoms with van der Waals surface area (Å²) in [5.74, 6) is -2.12. The van der Waals surface area contributed by atoms with E-state index >= 15 is 0 Å². The first kappa shape index (κ1) is 14.2. The summed E-state index contributed by atoms with van der Waals surface area (Å²) in [5, 5.41) is 8.65. The van der Waals surface area contributed by atoms with Crippen LogP contribution in [0.3, 0.4) is 0 Å². The maximum absolute atomic E-state index is 12.8. The first-order valence-corrected chi connectivity index (χ1v) is 5.68. The topological polar surface area (TPSA) is 57.6 Å². The van der Waals surface area contributed by atoms with Crippen molar-refractivity contribution >= 4 is 11.9 Å². The van der Waals surface area contributed by atoms with Gasteiger partial charge in [-0.25, -0.2) is 4.39 Å². The Morgan fingerprint density at radius 2 is 1.89 bits per heavy atom. The van der Waals surface area contributed by atoms with E-state index in [1.54, 1.807) is 12.1 Å². The van der Waals surface area contributed by atoms with Gasteiger partial charge in [-0.3, -0.25) is 9.59 Å². The molecule has 0 fully saturated rings. The minimum atomic E-state index is -1.06. The number of carboxylic acid groups (broad SMARTS) is 1. The Morgan fingerprint density at radius 3 is 2.33 bits per heavy atom. The third-order valence-corrected chi connectivity index (χ3v) is 2.73. The number of carbonyl (C=O) groups excluding carboxylic acids is 1. The summed E-state index contributed by atoms with van der Waals surface area (Å²) < 4.78 is 12.8. The predicted octanol–water partition coefficient (Wildman–Crippen LogP) is 1.86. The normalized spacial score (nSPS) is 11.9. The molecule has 1 N–H and O–H groups in total. The quantitative estimate of drug-likeness (QED) is 0.871. The number of amides is 1. The van der Waals surface area contributed by atoms with E-state index in [1.165, 1.54) is 24.1 Å². The first-order valence-electron chi connectivity index (χ1n) is 5.68. The highest BCUT2D eigenvalue weighted by molar-refractivity contribution is 5.86. The van der Waals surface area contributed by atoms with E-state index in [2.05, 4.69) is 0 Å². The summed E-state index contributed by atoms with van der Waals surface area (Å²) in [6.07, 6.45) is 0.536. The summed E-state index contributed by atoms with van der Waals surface area (Å²) >= 11 is 0. The zero-order valence-electron chi connectivity index (χ0n) is 10.4. The van der Waals surface area contributed by atoms with Gasteiger partial charge < -0.3 is 10.0 Å². The summed E-state index contributed by atoms with van der Waals surface area (Å²) in [7, 11) is 1.45. The lowest BCUT2D eigenvalue weighted by Gasteiger charge is -2.21. The Balaban J connectivity index is 2.86. The number of aliphatic carboxylic acids is 1. The van der Waals surface area contributed by atoms with Crippen molar-refractivity contribution in [2.75, 3.05) is 13.6 Å². The number of carbonyl (C=O) groups is 2. The van der Waals surface area contributed by atoms with Crippen LogP contribution in [-0.4, -0.2) is 35.5 Å². The molecule has 0 aliphatic carbocycles. The molecular formula is C13H16FNO3. The maximum Gasteiger partial charge on any atom is 0.323 e. The van der Waals surface area contributed by atoms with Crippen molar-refractivity contribution in [3.05, 3.63) is 35.6 Å². The van der Waals surface area contributed by atoms with Gasteiger partial charge in [0.25, 0.3) is 0 Å². The monoisotopic (exact) mass is 253 g/mol. The van der Waals surface area contributed by atoms with E-state index in [4.69, 9.17) is 5.11 Å². The van der Waals surface area contributed by atoms with Crippen molar-refractivity contribution in [1.29, 1.82) is 0 Å². The zero-order valence-corrected chi connectivity index (χ0v) is 10.4. The molecule has 18 heavy (non-hydrogen) atoms. The van der Waals surface area contributed by atoms with Crippen LogP contribution in [0.4, 0.5) is 4.39 Å². The molecule has 0 radical (unpaired) electrons. The van der Waals surface area contributed by atoms with Crippen molar-refractivity contribution in [3.8, 4) is 0 Å². The van der Waals surface area contributed by atoms with Gasteiger partial charge in [-0.2, -0.15) is 0 Å². The van der Waals surface area contributed by atoms with E-state index in [-0.39, 0.29) is 18.3 Å². The van der Waals surface area contributed by atoms with Crippen molar-refractivity contribution in [3.63, 3.8) is 0 Å². The molecule has 1 aromatic rings. The number of halogens is 1. The fraction of sp³-hybridized carbons (Fsp3) is 0.385. The number of hydrogen-bond acceptors (Lipinski definition) is 2. The van der Waals surface area contributed by atoms with E-state index in [0.29, 0.717) is 12.0 Å². The fourth-order valence-electron chi connectivity index (χ4n) is 1.79. The zero-order chi connectivity index (χ0) is 13.7. The van der Waals surface area contributed by atoms with Crippen LogP contribution in [0.5, 0.6) is 0 Å². The molecule has 1 aromatic carbocycles. The Bertz CT molecular complexity index is 430. The summed E-state index contributed by atoms with van der Waals surface area (Å²) in [5.41, 5.74) is 0.695. The van der Waals surface area contributed by atoms with Crippen LogP contribution in [-0.2, 0) is 9.59 Å². The van der Waals surface area contributed by atoms with Gasteiger partial charge in [0.2, 0.25) is 5.91 Å². The molecule has 1 atom stereocenters. The van der Waals surface area contributed by atoms with Gasteiger partial charge in [-0.1, -0.05) is 19.1 Å². The van der Waals surface area contributed by atoms with Crippen molar-refractivity contribution in [2.24, 2.45) is 0 Å². The molecule has 1 unspecified atom stereocenters. The predicted molar refractivity (Wildman–Crippen MR) is 64.7 cm³/mol. The Labute approximate surface area is 105 Å². The molecule has 1 amide bonds. The molecule has 98 valence electrons. The molecule has 0 saturated heterocycles. The lowest BCUT2D eigenvalue weighted by atomic mass is 9.95. The van der Waals surface area contributed by atoms with Crippen molar-refractivity contribution < 1.29 is 19.1 Å². The van der Waals surface area contributed by atoms with Gasteiger partial charge in [-0.15, -0.1) is 0 Å². The maximum atomic E-state index is 12.8. The van der Waals surface area contributed by atoms with Crippen LogP contribution < -0.4 is 0 Å². The molecule has 0 spiro atoms. The van der Waals surface area contributed by atoms with Crippen LogP contribution in [0.15, 0.2) is 24.3 Å². The largest absolute Gasteiger partial charge is 0.480 e. The standard InChI is InChI=1S/C13H16FNO3/c1-3-11(9-4-6-10(14)7-5-9)13(18)15(2)8-12(16)17/h4-7,11H,3,8H2,1-2H3,(H,16,17). The van der Waals surface area contributed by atoms with Gasteiger partial charge in [0.1, 0.15) is 12.4 Å². The highest BCUT2D eigenvalue weighted by Gasteiger charge is 2.23. The summed E-state index contributed by atoms with van der Waals surface area (Å²) in [6.45, 7) is 1.50. The fourth-order valence-corrected chi connectivity index (χ4v) is 1.79. The first-order chi connectivity index (χ1) is 8.45. The van der Waals surface area contributed by atoms with Crippen LogP contribution in [0.25, 0.3) is 0 Å². The second-order valence-electron chi connectivity index (χ2n) is 4.10. The third-order valence-electron chi connectivity index (χ3n) is 2.73. The SMILES string of the molecule is CCC(C(=O)N(C)CC(=O)O)c1ccc(F)cc1. The van der Waals surface area contributed by atoms with Crippen LogP contribution in [0, 0.1) is 5.82 Å². The summed E-state index contributed by atoms with van der Waals surface area (Å²) in [6, 6.07) is 5.69.